The molecular formula is C11H16N4O2. The van der Waals surface area contributed by atoms with Crippen LogP contribution in [0.25, 0.3) is 0 Å². The van der Waals surface area contributed by atoms with Crippen LogP contribution >= 0.6 is 0 Å². The number of urea groups is 1. The molecule has 6 nitrogen and oxygen atoms in total. The largest absolute Gasteiger partial charge is 0.409 e. The highest BCUT2D eigenvalue weighted by Crippen LogP contribution is 1.96. The van der Waals surface area contributed by atoms with Gasteiger partial charge in [0.05, 0.1) is 0 Å². The van der Waals surface area contributed by atoms with Crippen molar-refractivity contribution >= 4 is 11.9 Å². The molecule has 0 aromatic heterocycles. The van der Waals surface area contributed by atoms with Gasteiger partial charge in [-0.1, -0.05) is 35.5 Å². The minimum atomic E-state index is -0.278. The Morgan fingerprint density at radius 2 is 2.00 bits per heavy atom. The molecule has 0 aliphatic carbocycles. The van der Waals surface area contributed by atoms with Crippen molar-refractivity contribution < 1.29 is 10.0 Å². The summed E-state index contributed by atoms with van der Waals surface area (Å²) in [6.07, 6.45) is 0.315. The Bertz CT molecular complexity index is 378. The lowest BCUT2D eigenvalue weighted by atomic mass is 10.2. The van der Waals surface area contributed by atoms with Crippen molar-refractivity contribution in [3.8, 4) is 0 Å². The number of carbonyl (C=O) groups excluding carboxylic acids is 1. The monoisotopic (exact) mass is 236 g/mol. The highest BCUT2D eigenvalue weighted by Gasteiger charge is 2.00. The number of nitrogens with one attached hydrogen (secondary N) is 2. The Kier molecular flexibility index (Phi) is 5.36. The summed E-state index contributed by atoms with van der Waals surface area (Å²) in [7, 11) is 0. The maximum Gasteiger partial charge on any atom is 0.315 e. The van der Waals surface area contributed by atoms with Gasteiger partial charge in [-0.25, -0.2) is 4.79 Å². The fourth-order valence-corrected chi connectivity index (χ4v) is 1.19. The van der Waals surface area contributed by atoms with Crippen molar-refractivity contribution in [3.05, 3.63) is 35.9 Å². The molecule has 92 valence electrons. The summed E-state index contributed by atoms with van der Waals surface area (Å²) in [5.41, 5.74) is 6.28. The van der Waals surface area contributed by atoms with Gasteiger partial charge >= 0.3 is 6.03 Å². The number of rotatable bonds is 5. The van der Waals surface area contributed by atoms with Crippen LogP contribution in [0.1, 0.15) is 12.0 Å². The number of nitrogens with two attached hydrogens (primary N) is 1. The van der Waals surface area contributed by atoms with Crippen molar-refractivity contribution in [1.29, 1.82) is 0 Å². The minimum Gasteiger partial charge on any atom is -0.409 e. The van der Waals surface area contributed by atoms with E-state index in [0.29, 0.717) is 19.5 Å². The van der Waals surface area contributed by atoms with E-state index in [2.05, 4.69) is 15.8 Å². The summed E-state index contributed by atoms with van der Waals surface area (Å²) < 4.78 is 0. The van der Waals surface area contributed by atoms with Crippen LogP contribution in [0.4, 0.5) is 4.79 Å². The topological polar surface area (TPSA) is 99.7 Å². The first kappa shape index (κ1) is 12.8. The van der Waals surface area contributed by atoms with Crippen LogP contribution < -0.4 is 16.4 Å². The Hall–Kier alpha value is -2.24. The number of hydrogen-bond acceptors (Lipinski definition) is 3. The lowest BCUT2D eigenvalue weighted by Crippen LogP contribution is -2.36. The van der Waals surface area contributed by atoms with Crippen molar-refractivity contribution in [2.45, 2.75) is 13.0 Å². The predicted molar refractivity (Wildman–Crippen MR) is 64.7 cm³/mol. The van der Waals surface area contributed by atoms with Crippen molar-refractivity contribution in [1.82, 2.24) is 10.6 Å². The maximum atomic E-state index is 11.3. The molecule has 0 heterocycles. The molecule has 2 amide bonds. The quantitative estimate of drug-likeness (QED) is 0.261. The molecule has 0 aliphatic rings. The van der Waals surface area contributed by atoms with E-state index in [1.165, 1.54) is 0 Å². The minimum absolute atomic E-state index is 0.0911. The van der Waals surface area contributed by atoms with Crippen LogP contribution in [0, 0.1) is 0 Å². The molecule has 0 saturated heterocycles. The van der Waals surface area contributed by atoms with Gasteiger partial charge in [-0.05, 0) is 5.56 Å². The predicted octanol–water partition coefficient (Wildman–Crippen LogP) is 0.622. The van der Waals surface area contributed by atoms with Gasteiger partial charge in [-0.3, -0.25) is 0 Å². The molecule has 0 radical (unpaired) electrons. The highest BCUT2D eigenvalue weighted by molar-refractivity contribution is 5.80. The average Bonchev–Trinajstić information content (AvgIpc) is 2.37. The smallest absolute Gasteiger partial charge is 0.315 e. The van der Waals surface area contributed by atoms with E-state index >= 15 is 0 Å². The Morgan fingerprint density at radius 1 is 1.29 bits per heavy atom. The summed E-state index contributed by atoms with van der Waals surface area (Å²) >= 11 is 0. The Morgan fingerprint density at radius 3 is 2.65 bits per heavy atom. The van der Waals surface area contributed by atoms with Crippen molar-refractivity contribution in [2.75, 3.05) is 6.54 Å². The summed E-state index contributed by atoms with van der Waals surface area (Å²) in [5, 5.41) is 16.4. The normalized spacial score (nSPS) is 10.9. The Balaban J connectivity index is 2.18. The molecule has 0 spiro atoms. The average molecular weight is 236 g/mol. The van der Waals surface area contributed by atoms with Crippen molar-refractivity contribution in [3.63, 3.8) is 0 Å². The van der Waals surface area contributed by atoms with Gasteiger partial charge in [0.1, 0.15) is 5.84 Å². The van der Waals surface area contributed by atoms with Gasteiger partial charge in [-0.15, -0.1) is 0 Å². The van der Waals surface area contributed by atoms with E-state index in [9.17, 15) is 4.79 Å². The van der Waals surface area contributed by atoms with Crippen LogP contribution in [-0.4, -0.2) is 23.6 Å². The first-order valence-electron chi connectivity index (χ1n) is 5.24. The molecule has 0 atom stereocenters. The highest BCUT2D eigenvalue weighted by atomic mass is 16.4. The molecule has 6 heteroatoms. The van der Waals surface area contributed by atoms with E-state index in [0.717, 1.165) is 5.56 Å². The third kappa shape index (κ3) is 5.41. The second-order valence-electron chi connectivity index (χ2n) is 3.44. The van der Waals surface area contributed by atoms with E-state index < -0.39 is 0 Å². The number of carbonyl (C=O) groups is 1. The zero-order valence-corrected chi connectivity index (χ0v) is 9.39. The molecule has 1 rings (SSSR count). The summed E-state index contributed by atoms with van der Waals surface area (Å²) in [4.78, 5) is 11.3. The van der Waals surface area contributed by atoms with Gasteiger partial charge in [0.2, 0.25) is 0 Å². The zero-order valence-electron chi connectivity index (χ0n) is 9.39. The van der Waals surface area contributed by atoms with Crippen LogP contribution in [0.2, 0.25) is 0 Å². The molecular weight excluding hydrogens is 220 g/mol. The van der Waals surface area contributed by atoms with Gasteiger partial charge in [0.25, 0.3) is 0 Å². The molecule has 1 aromatic rings. The second kappa shape index (κ2) is 7.10. The van der Waals surface area contributed by atoms with E-state index in [4.69, 9.17) is 10.9 Å². The van der Waals surface area contributed by atoms with Crippen LogP contribution in [-0.2, 0) is 6.54 Å². The molecule has 0 fully saturated rings. The fraction of sp³-hybridized carbons (Fsp3) is 0.273. The van der Waals surface area contributed by atoms with Crippen LogP contribution in [0.3, 0.4) is 0 Å². The van der Waals surface area contributed by atoms with E-state index in [1.54, 1.807) is 0 Å². The van der Waals surface area contributed by atoms with Crippen LogP contribution in [0.15, 0.2) is 35.5 Å². The number of amidine groups is 1. The van der Waals surface area contributed by atoms with Gasteiger partial charge in [-0.2, -0.15) is 0 Å². The Labute approximate surface area is 99.5 Å². The first-order valence-corrected chi connectivity index (χ1v) is 5.24. The molecule has 0 aliphatic heterocycles. The summed E-state index contributed by atoms with van der Waals surface area (Å²) in [6, 6.07) is 9.31. The second-order valence-corrected chi connectivity index (χ2v) is 3.44. The lowest BCUT2D eigenvalue weighted by molar-refractivity contribution is 0.240. The lowest BCUT2D eigenvalue weighted by Gasteiger charge is -2.07. The summed E-state index contributed by atoms with van der Waals surface area (Å²) in [6.45, 7) is 0.798. The summed E-state index contributed by atoms with van der Waals surface area (Å²) in [5.74, 6) is 0.0911. The molecule has 5 N–H and O–H groups in total. The first-order chi connectivity index (χ1) is 8.22. The molecule has 0 unspecified atom stereocenters. The van der Waals surface area contributed by atoms with E-state index in [1.807, 2.05) is 30.3 Å². The number of benzene rings is 1. The maximum absolute atomic E-state index is 11.3. The van der Waals surface area contributed by atoms with Gasteiger partial charge in [0.15, 0.2) is 0 Å². The van der Waals surface area contributed by atoms with Crippen molar-refractivity contribution in [2.24, 2.45) is 10.9 Å². The molecule has 1 aromatic carbocycles. The van der Waals surface area contributed by atoms with E-state index in [-0.39, 0.29) is 11.9 Å². The molecule has 17 heavy (non-hydrogen) atoms. The van der Waals surface area contributed by atoms with Gasteiger partial charge in [0, 0.05) is 19.5 Å². The zero-order chi connectivity index (χ0) is 12.5. The number of hydrogen-bond donors (Lipinski definition) is 4. The van der Waals surface area contributed by atoms with Gasteiger partial charge < -0.3 is 21.6 Å². The molecule has 0 saturated carbocycles. The van der Waals surface area contributed by atoms with Crippen LogP contribution in [0.5, 0.6) is 0 Å². The third-order valence-electron chi connectivity index (χ3n) is 2.09. The third-order valence-corrected chi connectivity index (χ3v) is 2.09. The molecule has 0 bridgehead atoms. The number of amides is 2. The SMILES string of the molecule is N/C(CCNC(=O)NCc1ccccc1)=N/O. The standard InChI is InChI=1S/C11H16N4O2/c12-10(15-17)6-7-13-11(16)14-8-9-4-2-1-3-5-9/h1-5,17H,6-8H2,(H2,12,15)(H2,13,14,16). The fourth-order valence-electron chi connectivity index (χ4n) is 1.19. The number of oxime groups is 1. The number of nitrogens with zero attached hydrogens (tertiary/aromatic N) is 1.